The van der Waals surface area contributed by atoms with Gasteiger partial charge in [-0.1, -0.05) is 29.8 Å². The number of fused-ring (bicyclic) bond motifs is 4. The fourth-order valence-corrected chi connectivity index (χ4v) is 6.94. The lowest BCUT2D eigenvalue weighted by atomic mass is 9.90. The van der Waals surface area contributed by atoms with E-state index in [1.807, 2.05) is 0 Å². The molecule has 0 aromatic heterocycles. The Morgan fingerprint density at radius 3 is 2.55 bits per heavy atom. The molecular weight excluding hydrogens is 528 g/mol. The molecule has 3 aliphatic heterocycles. The summed E-state index contributed by atoms with van der Waals surface area (Å²) in [6.45, 7) is 2.00. The minimum atomic E-state index is -4.05. The van der Waals surface area contributed by atoms with Crippen LogP contribution in [0.4, 0.5) is 5.69 Å². The summed E-state index contributed by atoms with van der Waals surface area (Å²) in [6, 6.07) is 11.8. The Morgan fingerprint density at radius 2 is 1.76 bits per heavy atom. The van der Waals surface area contributed by atoms with Crippen molar-refractivity contribution in [1.29, 1.82) is 0 Å². The van der Waals surface area contributed by atoms with Gasteiger partial charge in [-0.15, -0.1) is 0 Å². The average Bonchev–Trinajstić information content (AvgIpc) is 2.92. The highest BCUT2D eigenvalue weighted by atomic mass is 35.5. The summed E-state index contributed by atoms with van der Waals surface area (Å²) in [5.41, 5.74) is 6.29. The second kappa shape index (κ2) is 10.7. The van der Waals surface area contributed by atoms with E-state index in [0.717, 1.165) is 12.8 Å². The van der Waals surface area contributed by atoms with Crippen molar-refractivity contribution in [1.82, 2.24) is 9.80 Å². The van der Waals surface area contributed by atoms with Crippen LogP contribution in [0, 0.1) is 0 Å². The van der Waals surface area contributed by atoms with Crippen molar-refractivity contribution < 1.29 is 22.7 Å². The SMILES string of the molecule is NC1C/C=C/CN(c2ccc(Cl)cc2)S(=O)(=O)c2cccc(c2)C(=O)N2CCOC3(CCCN(C3)C1=O)C2. The number of nitrogens with two attached hydrogens (primary N) is 1. The Hall–Kier alpha value is -2.92. The van der Waals surface area contributed by atoms with E-state index in [9.17, 15) is 18.0 Å². The molecule has 202 valence electrons. The van der Waals surface area contributed by atoms with Gasteiger partial charge in [0.15, 0.2) is 0 Å². The Balaban J connectivity index is 1.56. The normalized spacial score (nSPS) is 27.1. The van der Waals surface area contributed by atoms with Crippen LogP contribution in [0.3, 0.4) is 0 Å². The van der Waals surface area contributed by atoms with Crippen LogP contribution in [0.1, 0.15) is 29.6 Å². The van der Waals surface area contributed by atoms with Gasteiger partial charge in [-0.25, -0.2) is 8.42 Å². The van der Waals surface area contributed by atoms with Crippen LogP contribution in [0.25, 0.3) is 0 Å². The first-order valence-electron chi connectivity index (χ1n) is 12.7. The van der Waals surface area contributed by atoms with Gasteiger partial charge in [0.05, 0.1) is 42.9 Å². The molecule has 0 saturated carbocycles. The smallest absolute Gasteiger partial charge is 0.264 e. The maximum Gasteiger partial charge on any atom is 0.264 e. The lowest BCUT2D eigenvalue weighted by molar-refractivity contribution is -0.154. The van der Waals surface area contributed by atoms with E-state index in [-0.39, 0.29) is 35.2 Å². The fourth-order valence-electron chi connectivity index (χ4n) is 5.35. The highest BCUT2D eigenvalue weighted by Crippen LogP contribution is 2.31. The molecule has 2 amide bonds. The molecule has 9 nitrogen and oxygen atoms in total. The molecule has 2 fully saturated rings. The Labute approximate surface area is 227 Å². The number of hydrogen-bond acceptors (Lipinski definition) is 6. The predicted octanol–water partition coefficient (Wildman–Crippen LogP) is 2.66. The van der Waals surface area contributed by atoms with E-state index in [0.29, 0.717) is 43.5 Å². The first-order valence-corrected chi connectivity index (χ1v) is 14.5. The molecule has 38 heavy (non-hydrogen) atoms. The van der Waals surface area contributed by atoms with Crippen molar-refractivity contribution in [3.63, 3.8) is 0 Å². The number of piperidine rings is 1. The number of carbonyl (C=O) groups excluding carboxylic acids is 2. The molecule has 5 bridgehead atoms. The van der Waals surface area contributed by atoms with Gasteiger partial charge >= 0.3 is 0 Å². The molecule has 5 rings (SSSR count). The zero-order chi connectivity index (χ0) is 26.9. The van der Waals surface area contributed by atoms with Gasteiger partial charge in [-0.3, -0.25) is 13.9 Å². The first kappa shape index (κ1) is 26.7. The van der Waals surface area contributed by atoms with Crippen molar-refractivity contribution in [2.75, 3.05) is 43.6 Å². The van der Waals surface area contributed by atoms with Crippen LogP contribution in [-0.4, -0.2) is 81.0 Å². The summed E-state index contributed by atoms with van der Waals surface area (Å²) in [4.78, 5) is 30.2. The standard InChI is InChI=1S/C27H31ClN4O5S/c28-21-8-10-22(11-9-21)32-14-2-1-7-24(29)26(34)30-13-4-12-27(18-30)19-31(15-16-37-27)25(33)20-5-3-6-23(17-20)38(32,35)36/h1-3,5-6,8-11,17,24H,4,7,12-16,18-19,29H2/b2-1+. The largest absolute Gasteiger partial charge is 0.369 e. The van der Waals surface area contributed by atoms with Crippen LogP contribution in [0.5, 0.6) is 0 Å². The number of halogens is 1. The quantitative estimate of drug-likeness (QED) is 0.538. The molecule has 3 aliphatic rings. The van der Waals surface area contributed by atoms with Crippen LogP contribution in [0.2, 0.25) is 5.02 Å². The second-order valence-corrected chi connectivity index (χ2v) is 12.3. The van der Waals surface area contributed by atoms with E-state index in [1.165, 1.54) is 16.4 Å². The third kappa shape index (κ3) is 5.31. The van der Waals surface area contributed by atoms with Crippen LogP contribution < -0.4 is 10.0 Å². The molecule has 2 aromatic rings. The Morgan fingerprint density at radius 1 is 1.00 bits per heavy atom. The molecule has 1 spiro atoms. The van der Waals surface area contributed by atoms with Gasteiger partial charge in [0, 0.05) is 23.7 Å². The summed E-state index contributed by atoms with van der Waals surface area (Å²) >= 11 is 6.04. The summed E-state index contributed by atoms with van der Waals surface area (Å²) in [6.07, 6.45) is 5.15. The van der Waals surface area contributed by atoms with Crippen molar-refractivity contribution in [2.24, 2.45) is 5.73 Å². The van der Waals surface area contributed by atoms with E-state index in [2.05, 4.69) is 0 Å². The molecule has 0 radical (unpaired) electrons. The predicted molar refractivity (Wildman–Crippen MR) is 145 cm³/mol. The van der Waals surface area contributed by atoms with Crippen LogP contribution >= 0.6 is 11.6 Å². The topological polar surface area (TPSA) is 113 Å². The van der Waals surface area contributed by atoms with Crippen molar-refractivity contribution in [3.05, 3.63) is 71.3 Å². The monoisotopic (exact) mass is 558 g/mol. The molecule has 2 atom stereocenters. The van der Waals surface area contributed by atoms with Crippen molar-refractivity contribution in [3.8, 4) is 0 Å². The van der Waals surface area contributed by atoms with Gasteiger partial charge in [-0.05, 0) is 61.7 Å². The van der Waals surface area contributed by atoms with E-state index >= 15 is 0 Å². The highest BCUT2D eigenvalue weighted by molar-refractivity contribution is 7.92. The van der Waals surface area contributed by atoms with Crippen molar-refractivity contribution >= 4 is 39.1 Å². The molecule has 11 heteroatoms. The molecule has 3 heterocycles. The van der Waals surface area contributed by atoms with Gasteiger partial charge in [0.1, 0.15) is 5.60 Å². The van der Waals surface area contributed by atoms with E-state index in [4.69, 9.17) is 22.1 Å². The molecule has 2 aromatic carbocycles. The van der Waals surface area contributed by atoms with E-state index < -0.39 is 21.7 Å². The number of ether oxygens (including phenoxy) is 1. The second-order valence-electron chi connectivity index (χ2n) is 9.98. The lowest BCUT2D eigenvalue weighted by Crippen LogP contribution is -2.62. The van der Waals surface area contributed by atoms with Gasteiger partial charge in [-0.2, -0.15) is 0 Å². The average molecular weight is 559 g/mol. The minimum absolute atomic E-state index is 0.00899. The van der Waals surface area contributed by atoms with Gasteiger partial charge < -0.3 is 20.3 Å². The van der Waals surface area contributed by atoms with Crippen LogP contribution in [-0.2, 0) is 19.6 Å². The summed E-state index contributed by atoms with van der Waals surface area (Å²) in [5.74, 6) is -0.453. The number of benzene rings is 2. The summed E-state index contributed by atoms with van der Waals surface area (Å²) in [7, 11) is -4.05. The molecule has 2 unspecified atom stereocenters. The molecular formula is C27H31ClN4O5S. The first-order chi connectivity index (χ1) is 18.2. The third-order valence-electron chi connectivity index (χ3n) is 7.32. The Kier molecular flexibility index (Phi) is 7.50. The maximum atomic E-state index is 13.8. The highest BCUT2D eigenvalue weighted by Gasteiger charge is 2.43. The third-order valence-corrected chi connectivity index (χ3v) is 9.36. The van der Waals surface area contributed by atoms with E-state index in [1.54, 1.807) is 58.4 Å². The number of anilines is 1. The number of nitrogens with zero attached hydrogens (tertiary/aromatic N) is 3. The number of sulfonamides is 1. The number of morpholine rings is 1. The zero-order valence-electron chi connectivity index (χ0n) is 21.0. The minimum Gasteiger partial charge on any atom is -0.369 e. The van der Waals surface area contributed by atoms with Crippen LogP contribution in [0.15, 0.2) is 65.6 Å². The van der Waals surface area contributed by atoms with Gasteiger partial charge in [0.2, 0.25) is 5.91 Å². The van der Waals surface area contributed by atoms with Gasteiger partial charge in [0.25, 0.3) is 15.9 Å². The zero-order valence-corrected chi connectivity index (χ0v) is 22.5. The number of hydrogen-bond donors (Lipinski definition) is 1. The molecule has 2 N–H and O–H groups in total. The summed E-state index contributed by atoms with van der Waals surface area (Å²) < 4.78 is 35.1. The fraction of sp³-hybridized carbons (Fsp3) is 0.407. The molecule has 2 saturated heterocycles. The number of amides is 2. The number of rotatable bonds is 1. The lowest BCUT2D eigenvalue weighted by Gasteiger charge is -2.48. The molecule has 0 aliphatic carbocycles. The summed E-state index contributed by atoms with van der Waals surface area (Å²) in [5, 5.41) is 0.479. The Bertz CT molecular complexity index is 1350. The van der Waals surface area contributed by atoms with Crippen molar-refractivity contribution in [2.45, 2.75) is 35.8 Å². The number of carbonyl (C=O) groups is 2. The maximum absolute atomic E-state index is 13.8.